The number of ether oxygens (including phenoxy) is 1. The fourth-order valence-corrected chi connectivity index (χ4v) is 1.97. The average Bonchev–Trinajstić information content (AvgIpc) is 2.43. The monoisotopic (exact) mass is 290 g/mol. The molecule has 1 aromatic carbocycles. The molecule has 1 aromatic heterocycles. The summed E-state index contributed by atoms with van der Waals surface area (Å²) in [5, 5.41) is 10.6. The van der Waals surface area contributed by atoms with Crippen LogP contribution in [0.4, 0.5) is 0 Å². The Balaban J connectivity index is 2.03. The van der Waals surface area contributed by atoms with Gasteiger partial charge in [-0.1, -0.05) is 6.92 Å². The molecule has 0 saturated carbocycles. The Morgan fingerprint density at radius 3 is 2.76 bits per heavy atom. The van der Waals surface area contributed by atoms with Crippen molar-refractivity contribution in [3.05, 3.63) is 40.8 Å². The van der Waals surface area contributed by atoms with Crippen LogP contribution in [0.1, 0.15) is 20.3 Å². The number of Topliss-reactive ketones (excluding diaryl/α,β-unsaturated/α-hetero) is 1. The number of aliphatic hydroxyl groups excluding tert-OH is 1. The Bertz CT molecular complexity index is 688. The Kier molecular flexibility index (Phi) is 4.75. The Hall–Kier alpha value is -2.14. The summed E-state index contributed by atoms with van der Waals surface area (Å²) in [6, 6.07) is 8.25. The topological polar surface area (TPSA) is 76.7 Å². The zero-order valence-corrected chi connectivity index (χ0v) is 12.0. The van der Waals surface area contributed by atoms with Crippen molar-refractivity contribution in [1.29, 1.82) is 0 Å². The molecule has 2 atom stereocenters. The van der Waals surface area contributed by atoms with Gasteiger partial charge < -0.3 is 14.3 Å². The van der Waals surface area contributed by atoms with E-state index in [0.717, 1.165) is 5.39 Å². The number of carbonyl (C=O) groups is 1. The first-order valence-corrected chi connectivity index (χ1v) is 6.80. The highest BCUT2D eigenvalue weighted by molar-refractivity contribution is 5.77. The number of aliphatic hydroxyl groups is 1. The first-order chi connectivity index (χ1) is 9.95. The summed E-state index contributed by atoms with van der Waals surface area (Å²) in [5.74, 6) is 0.327. The zero-order chi connectivity index (χ0) is 15.4. The number of hydrogen-bond acceptors (Lipinski definition) is 5. The van der Waals surface area contributed by atoms with Crippen molar-refractivity contribution in [1.82, 2.24) is 0 Å². The molecule has 0 saturated heterocycles. The van der Waals surface area contributed by atoms with Gasteiger partial charge in [0.15, 0.2) is 0 Å². The second-order valence-corrected chi connectivity index (χ2v) is 5.22. The van der Waals surface area contributed by atoms with Crippen LogP contribution in [-0.4, -0.2) is 23.6 Å². The van der Waals surface area contributed by atoms with E-state index in [-0.39, 0.29) is 24.7 Å². The van der Waals surface area contributed by atoms with E-state index < -0.39 is 11.7 Å². The zero-order valence-electron chi connectivity index (χ0n) is 12.0. The van der Waals surface area contributed by atoms with Crippen molar-refractivity contribution in [2.75, 3.05) is 6.61 Å². The molecule has 0 aliphatic heterocycles. The number of rotatable bonds is 6. The highest BCUT2D eigenvalue weighted by atomic mass is 16.5. The average molecular weight is 290 g/mol. The molecule has 0 spiro atoms. The molecule has 0 aliphatic rings. The Morgan fingerprint density at radius 1 is 1.33 bits per heavy atom. The van der Waals surface area contributed by atoms with E-state index in [1.807, 2.05) is 6.92 Å². The molecule has 21 heavy (non-hydrogen) atoms. The normalized spacial score (nSPS) is 13.9. The molecule has 0 radical (unpaired) electrons. The third-order valence-corrected chi connectivity index (χ3v) is 3.26. The molecular weight excluding hydrogens is 272 g/mol. The van der Waals surface area contributed by atoms with Gasteiger partial charge in [0.25, 0.3) is 0 Å². The molecule has 0 aliphatic carbocycles. The van der Waals surface area contributed by atoms with Crippen molar-refractivity contribution in [3.8, 4) is 5.75 Å². The van der Waals surface area contributed by atoms with E-state index in [2.05, 4.69) is 0 Å². The minimum absolute atomic E-state index is 0.0539. The van der Waals surface area contributed by atoms with Crippen LogP contribution in [0.5, 0.6) is 5.75 Å². The third-order valence-electron chi connectivity index (χ3n) is 3.26. The highest BCUT2D eigenvalue weighted by Gasteiger charge is 2.16. The van der Waals surface area contributed by atoms with Crippen LogP contribution >= 0.6 is 0 Å². The molecule has 0 fully saturated rings. The van der Waals surface area contributed by atoms with Crippen molar-refractivity contribution < 1.29 is 19.1 Å². The maximum atomic E-state index is 11.2. The summed E-state index contributed by atoms with van der Waals surface area (Å²) in [6.07, 6.45) is -0.599. The van der Waals surface area contributed by atoms with Crippen LogP contribution in [0.2, 0.25) is 0 Å². The second kappa shape index (κ2) is 6.54. The Morgan fingerprint density at radius 2 is 2.05 bits per heavy atom. The van der Waals surface area contributed by atoms with Crippen LogP contribution in [0.25, 0.3) is 11.0 Å². The van der Waals surface area contributed by atoms with E-state index in [1.54, 1.807) is 24.3 Å². The van der Waals surface area contributed by atoms with Crippen molar-refractivity contribution in [3.63, 3.8) is 0 Å². The first-order valence-electron chi connectivity index (χ1n) is 6.80. The van der Waals surface area contributed by atoms with Crippen LogP contribution in [0.15, 0.2) is 39.5 Å². The van der Waals surface area contributed by atoms with Gasteiger partial charge >= 0.3 is 5.63 Å². The number of ketones is 1. The minimum atomic E-state index is -0.721. The molecule has 2 rings (SSSR count). The van der Waals surface area contributed by atoms with Gasteiger partial charge in [-0.15, -0.1) is 0 Å². The number of fused-ring (bicyclic) bond motifs is 1. The van der Waals surface area contributed by atoms with Gasteiger partial charge in [-0.2, -0.15) is 0 Å². The summed E-state index contributed by atoms with van der Waals surface area (Å²) in [4.78, 5) is 22.1. The molecule has 2 aromatic rings. The number of carbonyl (C=O) groups excluding carboxylic acids is 1. The maximum absolute atomic E-state index is 11.2. The smallest absolute Gasteiger partial charge is 0.336 e. The van der Waals surface area contributed by atoms with Crippen LogP contribution < -0.4 is 10.4 Å². The van der Waals surface area contributed by atoms with Gasteiger partial charge in [-0.3, -0.25) is 4.79 Å². The second-order valence-electron chi connectivity index (χ2n) is 5.22. The molecule has 1 N–H and O–H groups in total. The van der Waals surface area contributed by atoms with E-state index in [1.165, 1.54) is 13.0 Å². The fraction of sp³-hybridized carbons (Fsp3) is 0.375. The summed E-state index contributed by atoms with van der Waals surface area (Å²) < 4.78 is 10.7. The lowest BCUT2D eigenvalue weighted by Gasteiger charge is -2.18. The van der Waals surface area contributed by atoms with Crippen LogP contribution in [0.3, 0.4) is 0 Å². The van der Waals surface area contributed by atoms with Crippen LogP contribution in [-0.2, 0) is 4.79 Å². The third kappa shape index (κ3) is 4.16. The number of benzene rings is 1. The van der Waals surface area contributed by atoms with E-state index >= 15 is 0 Å². The van der Waals surface area contributed by atoms with Gasteiger partial charge in [0.1, 0.15) is 17.1 Å². The van der Waals surface area contributed by atoms with Gasteiger partial charge in [-0.25, -0.2) is 4.79 Å². The molecule has 5 heteroatoms. The van der Waals surface area contributed by atoms with Crippen molar-refractivity contribution >= 4 is 16.8 Å². The summed E-state index contributed by atoms with van der Waals surface area (Å²) >= 11 is 0. The summed E-state index contributed by atoms with van der Waals surface area (Å²) in [5.41, 5.74) is 0.0434. The summed E-state index contributed by atoms with van der Waals surface area (Å²) in [6.45, 7) is 3.54. The summed E-state index contributed by atoms with van der Waals surface area (Å²) in [7, 11) is 0. The first kappa shape index (κ1) is 15.3. The van der Waals surface area contributed by atoms with Gasteiger partial charge in [0, 0.05) is 29.9 Å². The molecule has 1 heterocycles. The molecule has 0 bridgehead atoms. The lowest BCUT2D eigenvalue weighted by Crippen LogP contribution is -2.25. The Labute approximate surface area is 122 Å². The van der Waals surface area contributed by atoms with Gasteiger partial charge in [0.2, 0.25) is 0 Å². The molecule has 5 nitrogen and oxygen atoms in total. The fourth-order valence-electron chi connectivity index (χ4n) is 1.97. The lowest BCUT2D eigenvalue weighted by molar-refractivity contribution is -0.119. The maximum Gasteiger partial charge on any atom is 0.336 e. The SMILES string of the molecule is CC(=O)C[C@@H](O)[C@@H](C)COc1ccc2ccc(=O)oc2c1. The van der Waals surface area contributed by atoms with Gasteiger partial charge in [-0.05, 0) is 25.1 Å². The largest absolute Gasteiger partial charge is 0.493 e. The predicted molar refractivity (Wildman–Crippen MR) is 78.4 cm³/mol. The van der Waals surface area contributed by atoms with E-state index in [9.17, 15) is 14.7 Å². The van der Waals surface area contributed by atoms with E-state index in [0.29, 0.717) is 11.3 Å². The molecular formula is C16H18O5. The van der Waals surface area contributed by atoms with Crippen molar-refractivity contribution in [2.24, 2.45) is 5.92 Å². The minimum Gasteiger partial charge on any atom is -0.493 e. The van der Waals surface area contributed by atoms with E-state index in [4.69, 9.17) is 9.15 Å². The highest BCUT2D eigenvalue weighted by Crippen LogP contribution is 2.20. The van der Waals surface area contributed by atoms with Gasteiger partial charge in [0.05, 0.1) is 12.7 Å². The van der Waals surface area contributed by atoms with Crippen LogP contribution in [0, 0.1) is 5.92 Å². The number of hydrogen-bond donors (Lipinski definition) is 1. The van der Waals surface area contributed by atoms with Crippen molar-refractivity contribution in [2.45, 2.75) is 26.4 Å². The lowest BCUT2D eigenvalue weighted by atomic mass is 10.0. The molecule has 0 amide bonds. The molecule has 112 valence electrons. The molecule has 0 unspecified atom stereocenters. The predicted octanol–water partition coefficient (Wildman–Crippen LogP) is 2.15. The standard InChI is InChI=1S/C16H18O5/c1-10(14(18)7-11(2)17)9-20-13-5-3-12-4-6-16(19)21-15(12)8-13/h3-6,8,10,14,18H,7,9H2,1-2H3/t10-,14+/m0/s1. The quantitative estimate of drug-likeness (QED) is 0.825.